The van der Waals surface area contributed by atoms with Gasteiger partial charge in [0.25, 0.3) is 5.91 Å². The highest BCUT2D eigenvalue weighted by molar-refractivity contribution is 6.34. The average molecular weight is 696 g/mol. The summed E-state index contributed by atoms with van der Waals surface area (Å²) in [5.41, 5.74) is 9.58. The molecule has 0 spiro atoms. The molecule has 2 aliphatic rings. The summed E-state index contributed by atoms with van der Waals surface area (Å²) in [4.78, 5) is 32.9. The monoisotopic (exact) mass is 694 g/mol. The number of carbonyl (C=O) groups excluding carboxylic acids is 2. The van der Waals surface area contributed by atoms with Gasteiger partial charge in [-0.15, -0.1) is 0 Å². The molecule has 0 bridgehead atoms. The molecule has 2 aromatic carbocycles. The lowest BCUT2D eigenvalue weighted by molar-refractivity contribution is -0.117. The Morgan fingerprint density at radius 2 is 1.85 bits per heavy atom. The molecule has 0 unspecified atom stereocenters. The molecular weight excluding hydrogens is 659 g/mol. The Balaban J connectivity index is 1.45. The van der Waals surface area contributed by atoms with E-state index in [0.717, 1.165) is 0 Å². The number of pyridine rings is 1. The maximum absolute atomic E-state index is 14.2. The first-order valence-corrected chi connectivity index (χ1v) is 16.2. The van der Waals surface area contributed by atoms with Crippen LogP contribution in [-0.2, 0) is 20.9 Å². The molecule has 12 nitrogen and oxygen atoms in total. The fraction of sp³-hybridized carbons (Fsp3) is 0.353. The van der Waals surface area contributed by atoms with Gasteiger partial charge in [0, 0.05) is 57.7 Å². The van der Waals surface area contributed by atoms with Crippen molar-refractivity contribution in [2.75, 3.05) is 51.9 Å². The molecule has 0 atom stereocenters. The molecule has 3 N–H and O–H groups in total. The Bertz CT molecular complexity index is 1840. The molecular formula is C34H36Cl2N6O6. The molecule has 1 fully saturated rings. The Kier molecular flexibility index (Phi) is 9.90. The van der Waals surface area contributed by atoms with Crippen LogP contribution in [0.4, 0.5) is 5.69 Å². The predicted molar refractivity (Wildman–Crippen MR) is 182 cm³/mol. The zero-order valence-corrected chi connectivity index (χ0v) is 28.4. The highest BCUT2D eigenvalue weighted by Gasteiger charge is 2.39. The summed E-state index contributed by atoms with van der Waals surface area (Å²) in [5, 5.41) is 8.60. The number of rotatable bonds is 10. The number of morpholine rings is 1. The van der Waals surface area contributed by atoms with Crippen LogP contribution in [-0.4, -0.2) is 83.6 Å². The van der Waals surface area contributed by atoms with Crippen LogP contribution in [0.15, 0.2) is 48.8 Å². The highest BCUT2D eigenvalue weighted by atomic mass is 35.5. The number of nitrogens with zero attached hydrogens (tertiary/aromatic N) is 4. The van der Waals surface area contributed by atoms with Crippen LogP contribution in [0.2, 0.25) is 10.0 Å². The van der Waals surface area contributed by atoms with Crippen LogP contribution in [0.3, 0.4) is 0 Å². The van der Waals surface area contributed by atoms with Gasteiger partial charge in [0.1, 0.15) is 18.1 Å². The second kappa shape index (κ2) is 14.1. The number of hydrogen-bond acceptors (Lipinski definition) is 9. The zero-order chi connectivity index (χ0) is 34.0. The van der Waals surface area contributed by atoms with Gasteiger partial charge in [-0.3, -0.25) is 14.6 Å². The topological polar surface area (TPSA) is 143 Å². The summed E-state index contributed by atoms with van der Waals surface area (Å²) >= 11 is 12.9. The van der Waals surface area contributed by atoms with Crippen molar-refractivity contribution in [2.45, 2.75) is 32.4 Å². The minimum Gasteiger partial charge on any atom is -0.496 e. The number of benzene rings is 2. The molecule has 2 aromatic heterocycles. The van der Waals surface area contributed by atoms with E-state index in [1.807, 2.05) is 26.0 Å². The number of nitrogens with one attached hydrogen (secondary N) is 1. The second-order valence-electron chi connectivity index (χ2n) is 12.0. The van der Waals surface area contributed by atoms with E-state index in [-0.39, 0.29) is 37.1 Å². The molecule has 2 aliphatic heterocycles. The highest BCUT2D eigenvalue weighted by Crippen LogP contribution is 2.46. The normalized spacial score (nSPS) is 14.9. The Labute approximate surface area is 288 Å². The zero-order valence-electron chi connectivity index (χ0n) is 26.8. The van der Waals surface area contributed by atoms with Crippen molar-refractivity contribution in [1.29, 1.82) is 0 Å². The van der Waals surface area contributed by atoms with Gasteiger partial charge in [0.2, 0.25) is 5.91 Å². The van der Waals surface area contributed by atoms with Crippen molar-refractivity contribution in [1.82, 2.24) is 19.7 Å². The van der Waals surface area contributed by atoms with E-state index in [9.17, 15) is 9.59 Å². The van der Waals surface area contributed by atoms with Crippen molar-refractivity contribution in [3.05, 3.63) is 70.1 Å². The smallest absolute Gasteiger partial charge is 0.275 e. The fourth-order valence-corrected chi connectivity index (χ4v) is 6.40. The van der Waals surface area contributed by atoms with Gasteiger partial charge in [-0.1, -0.05) is 23.2 Å². The molecule has 0 radical (unpaired) electrons. The maximum Gasteiger partial charge on any atom is 0.275 e. The summed E-state index contributed by atoms with van der Waals surface area (Å²) in [6, 6.07) is 10.6. The second-order valence-corrected chi connectivity index (χ2v) is 12.9. The first-order valence-electron chi connectivity index (χ1n) is 15.5. The van der Waals surface area contributed by atoms with E-state index in [1.165, 1.54) is 0 Å². The third-order valence-electron chi connectivity index (χ3n) is 8.17. The number of methoxy groups -OCH3 is 1. The molecule has 48 heavy (non-hydrogen) atoms. The van der Waals surface area contributed by atoms with Gasteiger partial charge < -0.3 is 34.9 Å². The lowest BCUT2D eigenvalue weighted by atomic mass is 9.95. The van der Waals surface area contributed by atoms with Gasteiger partial charge in [0.15, 0.2) is 5.69 Å². The van der Waals surface area contributed by atoms with Gasteiger partial charge in [-0.05, 0) is 44.2 Å². The molecule has 4 heterocycles. The molecule has 2 amide bonds. The molecule has 4 aromatic rings. The number of nitrogens with two attached hydrogens (primary N) is 1. The van der Waals surface area contributed by atoms with E-state index in [0.29, 0.717) is 93.8 Å². The molecule has 14 heteroatoms. The number of ether oxygens (including phenoxy) is 4. The van der Waals surface area contributed by atoms with E-state index in [4.69, 9.17) is 53.0 Å². The molecule has 1 saturated heterocycles. The number of amides is 2. The Hall–Kier alpha value is -4.20. The van der Waals surface area contributed by atoms with E-state index >= 15 is 0 Å². The van der Waals surface area contributed by atoms with Crippen LogP contribution in [0, 0.1) is 0 Å². The largest absolute Gasteiger partial charge is 0.496 e. The van der Waals surface area contributed by atoms with E-state index < -0.39 is 5.54 Å². The summed E-state index contributed by atoms with van der Waals surface area (Å²) in [7, 11) is 1.57. The maximum atomic E-state index is 14.2. The fourth-order valence-electron chi connectivity index (χ4n) is 5.89. The van der Waals surface area contributed by atoms with Gasteiger partial charge in [-0.2, -0.15) is 5.10 Å². The number of aromatic nitrogens is 3. The summed E-state index contributed by atoms with van der Waals surface area (Å²) in [6.45, 7) is 6.33. The number of hydrogen-bond donors (Lipinski definition) is 2. The van der Waals surface area contributed by atoms with Crippen molar-refractivity contribution < 1.29 is 28.5 Å². The van der Waals surface area contributed by atoms with Crippen molar-refractivity contribution >= 4 is 40.7 Å². The SMILES string of the molecule is COc1cc2c(cc1-c1cncc(NC(=O)CCOCCN)c1)-c1c(c(C(=O)N3CCOCC3(C)C)nn1-c1cc(Cl)cc(Cl)c1)CO2. The van der Waals surface area contributed by atoms with E-state index in [2.05, 4.69) is 10.3 Å². The summed E-state index contributed by atoms with van der Waals surface area (Å²) in [5.74, 6) is 0.623. The molecule has 6 rings (SSSR count). The third kappa shape index (κ3) is 6.85. The summed E-state index contributed by atoms with van der Waals surface area (Å²) in [6.07, 6.45) is 3.42. The number of fused-ring (bicyclic) bond motifs is 3. The first-order chi connectivity index (χ1) is 23.1. The number of halogens is 2. The van der Waals surface area contributed by atoms with Crippen LogP contribution in [0.5, 0.6) is 11.5 Å². The molecule has 0 saturated carbocycles. The van der Waals surface area contributed by atoms with E-state index in [1.54, 1.807) is 53.4 Å². The van der Waals surface area contributed by atoms with Crippen molar-refractivity contribution in [3.63, 3.8) is 0 Å². The van der Waals surface area contributed by atoms with Gasteiger partial charge in [-0.25, -0.2) is 4.68 Å². The van der Waals surface area contributed by atoms with Crippen LogP contribution >= 0.6 is 23.2 Å². The van der Waals surface area contributed by atoms with Crippen LogP contribution in [0.1, 0.15) is 36.3 Å². The number of anilines is 1. The minimum absolute atomic E-state index is 0.100. The molecule has 0 aliphatic carbocycles. The minimum atomic E-state index is -0.537. The molecule has 252 valence electrons. The van der Waals surface area contributed by atoms with Crippen molar-refractivity contribution in [3.8, 4) is 39.6 Å². The lowest BCUT2D eigenvalue weighted by Crippen LogP contribution is -2.55. The Morgan fingerprint density at radius 1 is 1.06 bits per heavy atom. The number of carbonyl (C=O) groups is 2. The lowest BCUT2D eigenvalue weighted by Gasteiger charge is -2.41. The average Bonchev–Trinajstić information content (AvgIpc) is 3.46. The van der Waals surface area contributed by atoms with Gasteiger partial charge in [0.05, 0.1) is 68.8 Å². The Morgan fingerprint density at radius 3 is 2.58 bits per heavy atom. The quantitative estimate of drug-likeness (QED) is 0.210. The third-order valence-corrected chi connectivity index (χ3v) is 8.60. The van der Waals surface area contributed by atoms with Gasteiger partial charge >= 0.3 is 0 Å². The standard InChI is InChI=1S/C34H36Cl2N6O6/c1-34(2)19-47-9-6-41(34)33(44)31-27-18-48-29-15-28(45-3)25(20-10-23(17-38-16-20)39-30(43)4-7-46-8-5-37)14-26(29)32(27)42(40-31)24-12-21(35)11-22(36)13-24/h10-17H,4-9,18-19,37H2,1-3H3,(H,39,43). The first kappa shape index (κ1) is 33.7. The van der Waals surface area contributed by atoms with Crippen LogP contribution < -0.4 is 20.5 Å². The van der Waals surface area contributed by atoms with Crippen molar-refractivity contribution in [2.24, 2.45) is 5.73 Å². The van der Waals surface area contributed by atoms with Crippen LogP contribution in [0.25, 0.3) is 28.1 Å². The summed E-state index contributed by atoms with van der Waals surface area (Å²) < 4.78 is 24.7. The predicted octanol–water partition coefficient (Wildman–Crippen LogP) is 5.36.